The number of urea groups is 1. The molecule has 134 valence electrons. The third kappa shape index (κ3) is 4.52. The fourth-order valence-corrected chi connectivity index (χ4v) is 2.81. The SMILES string of the molecule is COCCNc1ccccc1CNC(=O)Nc1cccc2ccccc12. The van der Waals surface area contributed by atoms with Crippen molar-refractivity contribution in [1.82, 2.24) is 5.32 Å². The number of carbonyl (C=O) groups excluding carboxylic acids is 1. The van der Waals surface area contributed by atoms with Crippen LogP contribution in [-0.2, 0) is 11.3 Å². The van der Waals surface area contributed by atoms with Crippen molar-refractivity contribution in [3.05, 3.63) is 72.3 Å². The molecule has 5 nitrogen and oxygen atoms in total. The fourth-order valence-electron chi connectivity index (χ4n) is 2.81. The topological polar surface area (TPSA) is 62.4 Å². The van der Waals surface area contributed by atoms with E-state index in [-0.39, 0.29) is 6.03 Å². The highest BCUT2D eigenvalue weighted by molar-refractivity contribution is 6.01. The molecule has 5 heteroatoms. The lowest BCUT2D eigenvalue weighted by Crippen LogP contribution is -2.28. The van der Waals surface area contributed by atoms with Crippen LogP contribution in [0.3, 0.4) is 0 Å². The summed E-state index contributed by atoms with van der Waals surface area (Å²) in [5.41, 5.74) is 2.82. The van der Waals surface area contributed by atoms with Gasteiger partial charge in [0.15, 0.2) is 0 Å². The number of nitrogens with one attached hydrogen (secondary N) is 3. The maximum atomic E-state index is 12.3. The number of hydrogen-bond donors (Lipinski definition) is 3. The van der Waals surface area contributed by atoms with Gasteiger partial charge in [-0.25, -0.2) is 4.79 Å². The highest BCUT2D eigenvalue weighted by Crippen LogP contribution is 2.22. The number of hydrogen-bond acceptors (Lipinski definition) is 3. The maximum absolute atomic E-state index is 12.3. The Hall–Kier alpha value is -3.05. The van der Waals surface area contributed by atoms with Crippen LogP contribution in [0.5, 0.6) is 0 Å². The number of anilines is 2. The number of ether oxygens (including phenoxy) is 1. The Balaban J connectivity index is 1.62. The third-order valence-corrected chi connectivity index (χ3v) is 4.12. The highest BCUT2D eigenvalue weighted by Gasteiger charge is 2.07. The highest BCUT2D eigenvalue weighted by atomic mass is 16.5. The summed E-state index contributed by atoms with van der Waals surface area (Å²) in [4.78, 5) is 12.3. The molecular formula is C21H23N3O2. The van der Waals surface area contributed by atoms with E-state index in [2.05, 4.69) is 16.0 Å². The van der Waals surface area contributed by atoms with Gasteiger partial charge in [-0.3, -0.25) is 0 Å². The molecule has 0 atom stereocenters. The van der Waals surface area contributed by atoms with E-state index < -0.39 is 0 Å². The van der Waals surface area contributed by atoms with Gasteiger partial charge in [0, 0.05) is 31.3 Å². The number of benzene rings is 3. The van der Waals surface area contributed by atoms with Crippen molar-refractivity contribution in [1.29, 1.82) is 0 Å². The maximum Gasteiger partial charge on any atom is 0.319 e. The van der Waals surface area contributed by atoms with Crippen LogP contribution in [0, 0.1) is 0 Å². The third-order valence-electron chi connectivity index (χ3n) is 4.12. The summed E-state index contributed by atoms with van der Waals surface area (Å²) in [5, 5.41) is 11.3. The van der Waals surface area contributed by atoms with E-state index >= 15 is 0 Å². The van der Waals surface area contributed by atoms with Crippen molar-refractivity contribution in [3.63, 3.8) is 0 Å². The molecule has 3 rings (SSSR count). The average Bonchev–Trinajstić information content (AvgIpc) is 2.68. The Kier molecular flexibility index (Phi) is 6.06. The summed E-state index contributed by atoms with van der Waals surface area (Å²) in [6, 6.07) is 21.5. The van der Waals surface area contributed by atoms with Crippen molar-refractivity contribution < 1.29 is 9.53 Å². The molecule has 0 aliphatic carbocycles. The molecule has 2 amide bonds. The Labute approximate surface area is 153 Å². The van der Waals surface area contributed by atoms with E-state index in [0.29, 0.717) is 13.2 Å². The van der Waals surface area contributed by atoms with E-state index in [1.165, 1.54) is 0 Å². The molecule has 3 aromatic carbocycles. The van der Waals surface area contributed by atoms with Gasteiger partial charge in [-0.1, -0.05) is 54.6 Å². The van der Waals surface area contributed by atoms with Gasteiger partial charge >= 0.3 is 6.03 Å². The predicted molar refractivity (Wildman–Crippen MR) is 107 cm³/mol. The van der Waals surface area contributed by atoms with Crippen molar-refractivity contribution >= 4 is 28.2 Å². The second kappa shape index (κ2) is 8.87. The van der Waals surface area contributed by atoms with Gasteiger partial charge < -0.3 is 20.7 Å². The second-order valence-electron chi connectivity index (χ2n) is 5.91. The number of para-hydroxylation sites is 1. The van der Waals surface area contributed by atoms with Crippen molar-refractivity contribution in [2.45, 2.75) is 6.54 Å². The first-order valence-corrected chi connectivity index (χ1v) is 8.61. The van der Waals surface area contributed by atoms with Crippen molar-refractivity contribution in [2.75, 3.05) is 30.9 Å². The number of amides is 2. The first kappa shape index (κ1) is 17.8. The molecule has 0 aliphatic rings. The van der Waals surface area contributed by atoms with E-state index in [9.17, 15) is 4.79 Å². The second-order valence-corrected chi connectivity index (χ2v) is 5.91. The van der Waals surface area contributed by atoms with Crippen molar-refractivity contribution in [3.8, 4) is 0 Å². The Morgan fingerprint density at radius 3 is 2.54 bits per heavy atom. The minimum atomic E-state index is -0.229. The van der Waals surface area contributed by atoms with Crippen LogP contribution < -0.4 is 16.0 Å². The van der Waals surface area contributed by atoms with E-state index in [1.54, 1.807) is 7.11 Å². The minimum absolute atomic E-state index is 0.229. The van der Waals surface area contributed by atoms with Gasteiger partial charge in [0.2, 0.25) is 0 Å². The molecule has 0 aliphatic heterocycles. The summed E-state index contributed by atoms with van der Waals surface area (Å²) in [6.45, 7) is 1.78. The van der Waals surface area contributed by atoms with Gasteiger partial charge in [0.25, 0.3) is 0 Å². The van der Waals surface area contributed by atoms with Gasteiger partial charge in [-0.2, -0.15) is 0 Å². The number of fused-ring (bicyclic) bond motifs is 1. The number of carbonyl (C=O) groups is 1. The smallest absolute Gasteiger partial charge is 0.319 e. The molecule has 0 saturated carbocycles. The summed E-state index contributed by atoms with van der Waals surface area (Å²) < 4.78 is 5.06. The monoisotopic (exact) mass is 349 g/mol. The lowest BCUT2D eigenvalue weighted by Gasteiger charge is -2.13. The quantitative estimate of drug-likeness (QED) is 0.560. The molecule has 0 saturated heterocycles. The first-order valence-electron chi connectivity index (χ1n) is 8.61. The van der Waals surface area contributed by atoms with Crippen LogP contribution in [0.4, 0.5) is 16.2 Å². The lowest BCUT2D eigenvalue weighted by atomic mass is 10.1. The molecule has 0 heterocycles. The molecule has 0 radical (unpaired) electrons. The zero-order valence-corrected chi connectivity index (χ0v) is 14.8. The Bertz CT molecular complexity index is 875. The first-order chi connectivity index (χ1) is 12.8. The largest absolute Gasteiger partial charge is 0.383 e. The summed E-state index contributed by atoms with van der Waals surface area (Å²) >= 11 is 0. The number of rotatable bonds is 7. The summed E-state index contributed by atoms with van der Waals surface area (Å²) in [6.07, 6.45) is 0. The predicted octanol–water partition coefficient (Wildman–Crippen LogP) is 4.22. The Morgan fingerprint density at radius 2 is 1.65 bits per heavy atom. The molecule has 0 unspecified atom stereocenters. The molecule has 0 aromatic heterocycles. The molecular weight excluding hydrogens is 326 g/mol. The summed E-state index contributed by atoms with van der Waals surface area (Å²) in [7, 11) is 1.67. The van der Waals surface area contributed by atoms with Gasteiger partial charge in [-0.05, 0) is 23.1 Å². The van der Waals surface area contributed by atoms with Crippen LogP contribution in [0.15, 0.2) is 66.7 Å². The van der Waals surface area contributed by atoms with E-state index in [4.69, 9.17) is 4.74 Å². The lowest BCUT2D eigenvalue weighted by molar-refractivity contribution is 0.210. The van der Waals surface area contributed by atoms with E-state index in [1.807, 2.05) is 66.7 Å². The zero-order chi connectivity index (χ0) is 18.2. The number of methoxy groups -OCH3 is 1. The van der Waals surface area contributed by atoms with Crippen molar-refractivity contribution in [2.24, 2.45) is 0 Å². The fraction of sp³-hybridized carbons (Fsp3) is 0.190. The van der Waals surface area contributed by atoms with Gasteiger partial charge in [0.05, 0.1) is 12.3 Å². The molecule has 0 fully saturated rings. The van der Waals surface area contributed by atoms with Gasteiger partial charge in [0.1, 0.15) is 0 Å². The van der Waals surface area contributed by atoms with E-state index in [0.717, 1.165) is 34.3 Å². The molecule has 26 heavy (non-hydrogen) atoms. The average molecular weight is 349 g/mol. The van der Waals surface area contributed by atoms with Crippen LogP contribution >= 0.6 is 0 Å². The molecule has 0 bridgehead atoms. The normalized spacial score (nSPS) is 10.5. The van der Waals surface area contributed by atoms with Crippen LogP contribution in [0.2, 0.25) is 0 Å². The van der Waals surface area contributed by atoms with Crippen LogP contribution in [0.1, 0.15) is 5.56 Å². The molecule has 3 aromatic rings. The molecule has 0 spiro atoms. The standard InChI is InChI=1S/C21H23N3O2/c1-26-14-13-22-19-11-5-3-8-17(19)15-23-21(25)24-20-12-6-9-16-7-2-4-10-18(16)20/h2-12,22H,13-15H2,1H3,(H2,23,24,25). The summed E-state index contributed by atoms with van der Waals surface area (Å²) in [5.74, 6) is 0. The van der Waals surface area contributed by atoms with Crippen LogP contribution in [0.25, 0.3) is 10.8 Å². The Morgan fingerprint density at radius 1 is 0.923 bits per heavy atom. The van der Waals surface area contributed by atoms with Crippen LogP contribution in [-0.4, -0.2) is 26.3 Å². The minimum Gasteiger partial charge on any atom is -0.383 e. The molecule has 3 N–H and O–H groups in total. The van der Waals surface area contributed by atoms with Gasteiger partial charge in [-0.15, -0.1) is 0 Å². The zero-order valence-electron chi connectivity index (χ0n) is 14.8.